The number of rotatable bonds is 4. The fourth-order valence-corrected chi connectivity index (χ4v) is 3.12. The van der Waals surface area contributed by atoms with Crippen molar-refractivity contribution in [1.29, 1.82) is 0 Å². The molecule has 3 rings (SSSR count). The van der Waals surface area contributed by atoms with E-state index in [9.17, 15) is 9.90 Å². The van der Waals surface area contributed by atoms with Crippen molar-refractivity contribution in [3.8, 4) is 5.75 Å². The van der Waals surface area contributed by atoms with E-state index >= 15 is 4.39 Å². The molecule has 0 radical (unpaired) electrons. The summed E-state index contributed by atoms with van der Waals surface area (Å²) in [6.45, 7) is 2.16. The molecule has 0 bridgehead atoms. The van der Waals surface area contributed by atoms with Crippen LogP contribution >= 0.6 is 0 Å². The van der Waals surface area contributed by atoms with Gasteiger partial charge in [-0.25, -0.2) is 4.39 Å². The van der Waals surface area contributed by atoms with Gasteiger partial charge in [0.05, 0.1) is 5.56 Å². The number of aromatic hydroxyl groups is 1. The summed E-state index contributed by atoms with van der Waals surface area (Å²) in [5.74, 6) is -0.152. The number of alkyl halides is 1. The molecule has 1 N–H and O–H groups in total. The Labute approximate surface area is 135 Å². The smallest absolute Gasteiger partial charge is 0.153 e. The van der Waals surface area contributed by atoms with Crippen LogP contribution in [0.25, 0.3) is 0 Å². The summed E-state index contributed by atoms with van der Waals surface area (Å²) < 4.78 is 15.2. The van der Waals surface area contributed by atoms with E-state index in [0.29, 0.717) is 37.8 Å². The van der Waals surface area contributed by atoms with Gasteiger partial charge in [-0.15, -0.1) is 0 Å². The Kier molecular flexibility index (Phi) is 4.44. The lowest BCUT2D eigenvalue weighted by Gasteiger charge is -2.36. The van der Waals surface area contributed by atoms with Crippen LogP contribution in [-0.4, -0.2) is 29.4 Å². The van der Waals surface area contributed by atoms with Crippen LogP contribution in [0, 0.1) is 0 Å². The summed E-state index contributed by atoms with van der Waals surface area (Å²) in [7, 11) is 0. The Morgan fingerprint density at radius 3 is 2.43 bits per heavy atom. The van der Waals surface area contributed by atoms with Crippen LogP contribution in [-0.2, 0) is 12.2 Å². The quantitative estimate of drug-likeness (QED) is 0.876. The highest BCUT2D eigenvalue weighted by Crippen LogP contribution is 2.38. The van der Waals surface area contributed by atoms with Crippen molar-refractivity contribution in [1.82, 2.24) is 4.90 Å². The lowest BCUT2D eigenvalue weighted by atomic mass is 9.85. The first-order chi connectivity index (χ1) is 11.1. The van der Waals surface area contributed by atoms with Crippen molar-refractivity contribution in [3.05, 3.63) is 65.2 Å². The summed E-state index contributed by atoms with van der Waals surface area (Å²) in [5, 5.41) is 9.77. The lowest BCUT2D eigenvalue weighted by Crippen LogP contribution is -2.39. The molecule has 0 spiro atoms. The molecule has 0 amide bonds. The van der Waals surface area contributed by atoms with Crippen molar-refractivity contribution < 1.29 is 14.3 Å². The van der Waals surface area contributed by atoms with Crippen LogP contribution in [0.5, 0.6) is 5.75 Å². The van der Waals surface area contributed by atoms with Crippen LogP contribution in [0.2, 0.25) is 0 Å². The van der Waals surface area contributed by atoms with E-state index in [1.807, 2.05) is 18.2 Å². The number of carbonyl (C=O) groups is 1. The van der Waals surface area contributed by atoms with Gasteiger partial charge in [0, 0.05) is 19.6 Å². The van der Waals surface area contributed by atoms with Crippen LogP contribution in [0.4, 0.5) is 4.39 Å². The molecule has 1 saturated heterocycles. The number of hydrogen-bond acceptors (Lipinski definition) is 3. The molecule has 0 unspecified atom stereocenters. The second kappa shape index (κ2) is 6.50. The van der Waals surface area contributed by atoms with E-state index < -0.39 is 5.67 Å². The minimum absolute atomic E-state index is 0.152. The van der Waals surface area contributed by atoms with Gasteiger partial charge in [-0.2, -0.15) is 0 Å². The van der Waals surface area contributed by atoms with Crippen molar-refractivity contribution >= 4 is 6.29 Å². The molecular weight excluding hydrogens is 293 g/mol. The van der Waals surface area contributed by atoms with Gasteiger partial charge in [-0.3, -0.25) is 9.69 Å². The molecule has 23 heavy (non-hydrogen) atoms. The average molecular weight is 313 g/mol. The number of hydrogen-bond donors (Lipinski definition) is 1. The molecule has 2 aromatic carbocycles. The Bertz CT molecular complexity index is 679. The number of piperidine rings is 1. The largest absolute Gasteiger partial charge is 0.507 e. The third-order valence-corrected chi connectivity index (χ3v) is 4.57. The van der Waals surface area contributed by atoms with Crippen LogP contribution < -0.4 is 0 Å². The molecule has 120 valence electrons. The number of halogens is 1. The van der Waals surface area contributed by atoms with Gasteiger partial charge in [-0.05, 0) is 36.1 Å². The van der Waals surface area contributed by atoms with E-state index in [-0.39, 0.29) is 11.3 Å². The summed E-state index contributed by atoms with van der Waals surface area (Å²) in [4.78, 5) is 13.0. The highest BCUT2D eigenvalue weighted by atomic mass is 19.1. The predicted molar refractivity (Wildman–Crippen MR) is 87.2 cm³/mol. The normalized spacial score (nSPS) is 17.8. The first-order valence-electron chi connectivity index (χ1n) is 7.85. The molecule has 1 heterocycles. The lowest BCUT2D eigenvalue weighted by molar-refractivity contribution is 0.0524. The van der Waals surface area contributed by atoms with Gasteiger partial charge >= 0.3 is 0 Å². The molecule has 1 aliphatic heterocycles. The number of phenols is 1. The minimum atomic E-state index is -1.44. The molecular formula is C19H20FNO2. The van der Waals surface area contributed by atoms with Crippen molar-refractivity contribution in [2.75, 3.05) is 13.1 Å². The Morgan fingerprint density at radius 1 is 1.13 bits per heavy atom. The second-order valence-corrected chi connectivity index (χ2v) is 6.12. The monoisotopic (exact) mass is 313 g/mol. The summed E-state index contributed by atoms with van der Waals surface area (Å²) in [6, 6.07) is 14.6. The number of carbonyl (C=O) groups excluding carboxylic acids is 1. The highest BCUT2D eigenvalue weighted by molar-refractivity contribution is 5.79. The summed E-state index contributed by atoms with van der Waals surface area (Å²) in [6.07, 6.45) is 1.35. The molecule has 0 saturated carbocycles. The van der Waals surface area contributed by atoms with Crippen LogP contribution in [0.1, 0.15) is 34.3 Å². The third-order valence-electron chi connectivity index (χ3n) is 4.57. The molecule has 0 aromatic heterocycles. The molecule has 1 fully saturated rings. The average Bonchev–Trinajstić information content (AvgIpc) is 2.58. The molecule has 1 aliphatic rings. The van der Waals surface area contributed by atoms with Gasteiger partial charge in [0.1, 0.15) is 11.4 Å². The number of likely N-dealkylation sites (tertiary alicyclic amines) is 1. The zero-order valence-electron chi connectivity index (χ0n) is 12.9. The molecule has 3 nitrogen and oxygen atoms in total. The second-order valence-electron chi connectivity index (χ2n) is 6.12. The van der Waals surface area contributed by atoms with Gasteiger partial charge in [0.2, 0.25) is 0 Å². The SMILES string of the molecule is O=Cc1ccc(C2(F)CCN(Cc3ccccc3)CC2)cc1O. The molecule has 4 heteroatoms. The Hall–Kier alpha value is -2.20. The fraction of sp³-hybridized carbons (Fsp3) is 0.316. The summed E-state index contributed by atoms with van der Waals surface area (Å²) in [5.41, 5.74) is 0.442. The highest BCUT2D eigenvalue weighted by Gasteiger charge is 2.36. The molecule has 0 aliphatic carbocycles. The first kappa shape index (κ1) is 15.7. The fourth-order valence-electron chi connectivity index (χ4n) is 3.12. The molecule has 0 atom stereocenters. The Balaban J connectivity index is 1.67. The van der Waals surface area contributed by atoms with Gasteiger partial charge in [0.15, 0.2) is 6.29 Å². The molecule has 2 aromatic rings. The van der Waals surface area contributed by atoms with Crippen LogP contribution in [0.15, 0.2) is 48.5 Å². The van der Waals surface area contributed by atoms with Crippen LogP contribution in [0.3, 0.4) is 0 Å². The minimum Gasteiger partial charge on any atom is -0.507 e. The zero-order chi connectivity index (χ0) is 16.3. The number of nitrogens with zero attached hydrogens (tertiary/aromatic N) is 1. The summed E-state index contributed by atoms with van der Waals surface area (Å²) >= 11 is 0. The van der Waals surface area contributed by atoms with Gasteiger partial charge in [-0.1, -0.05) is 36.4 Å². The predicted octanol–water partition coefficient (Wildman–Crippen LogP) is 3.67. The van der Waals surface area contributed by atoms with Gasteiger partial charge in [0.25, 0.3) is 0 Å². The van der Waals surface area contributed by atoms with Crippen molar-refractivity contribution in [2.45, 2.75) is 25.1 Å². The maximum absolute atomic E-state index is 15.2. The van der Waals surface area contributed by atoms with E-state index in [0.717, 1.165) is 6.54 Å². The van der Waals surface area contributed by atoms with Crippen molar-refractivity contribution in [2.24, 2.45) is 0 Å². The first-order valence-corrected chi connectivity index (χ1v) is 7.85. The number of phenolic OH excluding ortho intramolecular Hbond substituents is 1. The topological polar surface area (TPSA) is 40.5 Å². The van der Waals surface area contributed by atoms with E-state index in [4.69, 9.17) is 0 Å². The van der Waals surface area contributed by atoms with Crippen molar-refractivity contribution in [3.63, 3.8) is 0 Å². The van der Waals surface area contributed by atoms with Gasteiger partial charge < -0.3 is 5.11 Å². The maximum atomic E-state index is 15.2. The number of aldehydes is 1. The third kappa shape index (κ3) is 3.42. The van der Waals surface area contributed by atoms with E-state index in [2.05, 4.69) is 17.0 Å². The zero-order valence-corrected chi connectivity index (χ0v) is 12.9. The maximum Gasteiger partial charge on any atom is 0.153 e. The van der Waals surface area contributed by atoms with E-state index in [1.165, 1.54) is 17.7 Å². The standard InChI is InChI=1S/C19H20FNO2/c20-19(17-7-6-16(14-22)18(23)12-17)8-10-21(11-9-19)13-15-4-2-1-3-5-15/h1-7,12,14,23H,8-11,13H2. The number of benzene rings is 2. The Morgan fingerprint density at radius 2 is 1.83 bits per heavy atom. The van der Waals surface area contributed by atoms with E-state index in [1.54, 1.807) is 6.07 Å².